The summed E-state index contributed by atoms with van der Waals surface area (Å²) in [5, 5.41) is 5.90. The number of ether oxygens (including phenoxy) is 1. The highest BCUT2D eigenvalue weighted by molar-refractivity contribution is 6.39. The van der Waals surface area contributed by atoms with Crippen LogP contribution in [0.25, 0.3) is 0 Å². The summed E-state index contributed by atoms with van der Waals surface area (Å²) >= 11 is 0. The molecule has 1 atom stereocenters. The molecule has 0 bridgehead atoms. The molecule has 2 amide bonds. The number of nitrogens with one attached hydrogen (secondary N) is 1. The van der Waals surface area contributed by atoms with Crippen LogP contribution in [0.3, 0.4) is 0 Å². The number of likely N-dealkylation sites (tertiary alicyclic amines) is 1. The zero-order valence-corrected chi connectivity index (χ0v) is 11.2. The Bertz CT molecular complexity index is 539. The highest BCUT2D eigenvalue weighted by atomic mass is 16.5. The smallest absolute Gasteiger partial charge is 0.328 e. The second-order valence-electron chi connectivity index (χ2n) is 4.46. The van der Waals surface area contributed by atoms with E-state index in [1.165, 1.54) is 18.1 Å². The van der Waals surface area contributed by atoms with Gasteiger partial charge >= 0.3 is 17.8 Å². The first-order chi connectivity index (χ1) is 9.52. The third-order valence-corrected chi connectivity index (χ3v) is 3.05. The summed E-state index contributed by atoms with van der Waals surface area (Å²) in [6.07, 6.45) is 1.15. The second-order valence-corrected chi connectivity index (χ2v) is 4.46. The molecule has 1 N–H and O–H groups in total. The van der Waals surface area contributed by atoms with Crippen LogP contribution in [0.1, 0.15) is 18.6 Å². The number of anilines is 1. The third-order valence-electron chi connectivity index (χ3n) is 3.05. The SMILES string of the molecule is COC(=O)C1CCCN1C(=O)C(=O)Nc1cc(C)on1. The van der Waals surface area contributed by atoms with Crippen LogP contribution in [-0.4, -0.2) is 47.5 Å². The molecule has 8 heteroatoms. The Morgan fingerprint density at radius 3 is 2.85 bits per heavy atom. The van der Waals surface area contributed by atoms with Gasteiger partial charge in [0.1, 0.15) is 11.8 Å². The summed E-state index contributed by atoms with van der Waals surface area (Å²) in [4.78, 5) is 36.6. The maximum atomic E-state index is 12.0. The fraction of sp³-hybridized carbons (Fsp3) is 0.500. The van der Waals surface area contributed by atoms with Gasteiger partial charge in [0.2, 0.25) is 0 Å². The molecule has 0 saturated carbocycles. The lowest BCUT2D eigenvalue weighted by Crippen LogP contribution is -2.46. The number of aromatic nitrogens is 1. The molecule has 1 fully saturated rings. The average Bonchev–Trinajstić information content (AvgIpc) is 3.06. The summed E-state index contributed by atoms with van der Waals surface area (Å²) in [6.45, 7) is 2.02. The van der Waals surface area contributed by atoms with Crippen molar-refractivity contribution in [1.29, 1.82) is 0 Å². The molecular formula is C12H15N3O5. The van der Waals surface area contributed by atoms with Crippen molar-refractivity contribution in [3.63, 3.8) is 0 Å². The molecule has 1 aromatic heterocycles. The van der Waals surface area contributed by atoms with Gasteiger partial charge in [-0.25, -0.2) is 4.79 Å². The number of hydrogen-bond donors (Lipinski definition) is 1. The largest absolute Gasteiger partial charge is 0.467 e. The fourth-order valence-corrected chi connectivity index (χ4v) is 2.12. The van der Waals surface area contributed by atoms with E-state index in [1.54, 1.807) is 6.92 Å². The van der Waals surface area contributed by atoms with Crippen LogP contribution in [0.15, 0.2) is 10.6 Å². The van der Waals surface area contributed by atoms with Crippen LogP contribution in [0.4, 0.5) is 5.82 Å². The Hall–Kier alpha value is -2.38. The Morgan fingerprint density at radius 2 is 2.25 bits per heavy atom. The number of rotatable bonds is 2. The van der Waals surface area contributed by atoms with Gasteiger partial charge in [-0.2, -0.15) is 0 Å². The van der Waals surface area contributed by atoms with Crippen molar-refractivity contribution in [3.8, 4) is 0 Å². The van der Waals surface area contributed by atoms with Crippen molar-refractivity contribution in [1.82, 2.24) is 10.1 Å². The van der Waals surface area contributed by atoms with E-state index in [4.69, 9.17) is 4.52 Å². The second kappa shape index (κ2) is 5.72. The first-order valence-electron chi connectivity index (χ1n) is 6.16. The summed E-state index contributed by atoms with van der Waals surface area (Å²) in [5.41, 5.74) is 0. The number of hydrogen-bond acceptors (Lipinski definition) is 6. The Morgan fingerprint density at radius 1 is 1.50 bits per heavy atom. The van der Waals surface area contributed by atoms with Gasteiger partial charge in [-0.1, -0.05) is 5.16 Å². The summed E-state index contributed by atoms with van der Waals surface area (Å²) in [5.74, 6) is -1.47. The van der Waals surface area contributed by atoms with Crippen molar-refractivity contribution in [3.05, 3.63) is 11.8 Å². The first-order valence-corrected chi connectivity index (χ1v) is 6.16. The zero-order valence-electron chi connectivity index (χ0n) is 11.2. The molecule has 1 unspecified atom stereocenters. The molecule has 2 rings (SSSR count). The van der Waals surface area contributed by atoms with Crippen molar-refractivity contribution < 1.29 is 23.6 Å². The van der Waals surface area contributed by atoms with Crippen molar-refractivity contribution in [2.45, 2.75) is 25.8 Å². The van der Waals surface area contributed by atoms with Crippen LogP contribution < -0.4 is 5.32 Å². The van der Waals surface area contributed by atoms with Gasteiger partial charge in [0.15, 0.2) is 5.82 Å². The molecule has 20 heavy (non-hydrogen) atoms. The maximum Gasteiger partial charge on any atom is 0.328 e. The highest BCUT2D eigenvalue weighted by Crippen LogP contribution is 2.19. The molecule has 0 aromatic carbocycles. The molecule has 1 aliphatic heterocycles. The van der Waals surface area contributed by atoms with Crippen LogP contribution in [-0.2, 0) is 19.1 Å². The average molecular weight is 281 g/mol. The van der Waals surface area contributed by atoms with E-state index < -0.39 is 23.8 Å². The van der Waals surface area contributed by atoms with Gasteiger partial charge in [-0.05, 0) is 19.8 Å². The molecule has 2 heterocycles. The fourth-order valence-electron chi connectivity index (χ4n) is 2.12. The van der Waals surface area contributed by atoms with E-state index >= 15 is 0 Å². The minimum atomic E-state index is -0.853. The van der Waals surface area contributed by atoms with E-state index in [-0.39, 0.29) is 5.82 Å². The molecule has 0 radical (unpaired) electrons. The van der Waals surface area contributed by atoms with Crippen molar-refractivity contribution in [2.24, 2.45) is 0 Å². The van der Waals surface area contributed by atoms with Gasteiger partial charge in [0.25, 0.3) is 0 Å². The lowest BCUT2D eigenvalue weighted by Gasteiger charge is -2.21. The molecule has 0 spiro atoms. The lowest BCUT2D eigenvalue weighted by atomic mass is 10.2. The molecule has 1 aliphatic rings. The third kappa shape index (κ3) is 2.79. The van der Waals surface area contributed by atoms with Gasteiger partial charge < -0.3 is 14.2 Å². The van der Waals surface area contributed by atoms with Crippen LogP contribution in [0, 0.1) is 6.92 Å². The van der Waals surface area contributed by atoms with E-state index in [0.29, 0.717) is 25.1 Å². The van der Waals surface area contributed by atoms with Gasteiger partial charge in [0.05, 0.1) is 7.11 Å². The number of carbonyl (C=O) groups is 3. The lowest BCUT2D eigenvalue weighted by molar-refractivity contribution is -0.153. The monoisotopic (exact) mass is 281 g/mol. The van der Waals surface area contributed by atoms with Crippen LogP contribution in [0.2, 0.25) is 0 Å². The molecule has 1 saturated heterocycles. The summed E-state index contributed by atoms with van der Waals surface area (Å²) in [7, 11) is 1.25. The van der Waals surface area contributed by atoms with E-state index in [1.807, 2.05) is 0 Å². The Balaban J connectivity index is 2.02. The quantitative estimate of drug-likeness (QED) is 0.608. The Labute approximate surface area is 115 Å². The van der Waals surface area contributed by atoms with Gasteiger partial charge in [0, 0.05) is 12.6 Å². The number of carbonyl (C=O) groups excluding carboxylic acids is 3. The van der Waals surface area contributed by atoms with Crippen molar-refractivity contribution in [2.75, 3.05) is 19.0 Å². The number of esters is 1. The van der Waals surface area contributed by atoms with E-state index in [9.17, 15) is 14.4 Å². The minimum absolute atomic E-state index is 0.162. The summed E-state index contributed by atoms with van der Waals surface area (Å²) < 4.78 is 9.41. The van der Waals surface area contributed by atoms with Gasteiger partial charge in [-0.15, -0.1) is 0 Å². The van der Waals surface area contributed by atoms with Crippen molar-refractivity contribution >= 4 is 23.6 Å². The molecule has 0 aliphatic carbocycles. The topological polar surface area (TPSA) is 102 Å². The highest BCUT2D eigenvalue weighted by Gasteiger charge is 2.37. The maximum absolute atomic E-state index is 12.0. The Kier molecular flexibility index (Phi) is 4.02. The normalized spacial score (nSPS) is 17.9. The summed E-state index contributed by atoms with van der Waals surface area (Å²) in [6, 6.07) is 0.796. The van der Waals surface area contributed by atoms with E-state index in [2.05, 4.69) is 15.2 Å². The first kappa shape index (κ1) is 14.0. The minimum Gasteiger partial charge on any atom is -0.467 e. The van der Waals surface area contributed by atoms with Gasteiger partial charge in [-0.3, -0.25) is 14.9 Å². The number of methoxy groups -OCH3 is 1. The molecule has 108 valence electrons. The predicted octanol–water partition coefficient (Wildman–Crippen LogP) is 0.0855. The van der Waals surface area contributed by atoms with Crippen LogP contribution >= 0.6 is 0 Å². The van der Waals surface area contributed by atoms with Crippen LogP contribution in [0.5, 0.6) is 0 Å². The standard InChI is InChI=1S/C12H15N3O5/c1-7-6-9(14-20-7)13-10(16)11(17)15-5-3-4-8(15)12(18)19-2/h6,8H,3-5H2,1-2H3,(H,13,14,16). The zero-order chi connectivity index (χ0) is 14.7. The molecule has 1 aromatic rings. The number of aryl methyl sites for hydroxylation is 1. The molecular weight excluding hydrogens is 266 g/mol. The predicted molar refractivity (Wildman–Crippen MR) is 66.6 cm³/mol. The molecule has 8 nitrogen and oxygen atoms in total. The number of nitrogens with zero attached hydrogens (tertiary/aromatic N) is 2. The van der Waals surface area contributed by atoms with E-state index in [0.717, 1.165) is 0 Å². The number of amides is 2.